The van der Waals surface area contributed by atoms with Gasteiger partial charge in [-0.05, 0) is 43.9 Å². The smallest absolute Gasteiger partial charge is 0.319 e. The normalized spacial score (nSPS) is 19.1. The van der Waals surface area contributed by atoms with E-state index in [1.54, 1.807) is 22.5 Å². The van der Waals surface area contributed by atoms with Crippen molar-refractivity contribution in [2.75, 3.05) is 31.5 Å². The molecule has 0 saturated carbocycles. The molecule has 172 valence electrons. The van der Waals surface area contributed by atoms with Crippen LogP contribution < -0.4 is 10.6 Å². The van der Waals surface area contributed by atoms with Gasteiger partial charge in [-0.1, -0.05) is 32.8 Å². The number of nitrogens with one attached hydrogen (secondary N) is 2. The maximum Gasteiger partial charge on any atom is 0.319 e. The van der Waals surface area contributed by atoms with Gasteiger partial charge in [-0.25, -0.2) is 13.2 Å². The fourth-order valence-electron chi connectivity index (χ4n) is 4.13. The number of carbonyl (C=O) groups is 2. The molecular weight excluding hydrogens is 416 g/mol. The van der Waals surface area contributed by atoms with Gasteiger partial charge in [-0.2, -0.15) is 4.31 Å². The molecule has 0 aromatic heterocycles. The Morgan fingerprint density at radius 3 is 2.26 bits per heavy atom. The minimum Gasteiger partial charge on any atom is -0.342 e. The fourth-order valence-corrected chi connectivity index (χ4v) is 5.69. The van der Waals surface area contributed by atoms with Gasteiger partial charge >= 0.3 is 6.03 Å². The molecule has 1 aromatic carbocycles. The number of carbonyl (C=O) groups excluding carboxylic acids is 2. The molecule has 3 rings (SSSR count). The lowest BCUT2D eigenvalue weighted by molar-refractivity contribution is -0.135. The van der Waals surface area contributed by atoms with Gasteiger partial charge in [0.2, 0.25) is 15.9 Å². The van der Waals surface area contributed by atoms with Gasteiger partial charge in [-0.15, -0.1) is 0 Å². The summed E-state index contributed by atoms with van der Waals surface area (Å²) in [5, 5.41) is 5.69. The molecule has 0 radical (unpaired) electrons. The predicted octanol–water partition coefficient (Wildman–Crippen LogP) is 3.02. The van der Waals surface area contributed by atoms with Gasteiger partial charge in [-0.3, -0.25) is 4.79 Å². The Labute approximate surface area is 185 Å². The maximum absolute atomic E-state index is 13.0. The number of amides is 3. The largest absolute Gasteiger partial charge is 0.342 e. The molecule has 0 spiro atoms. The molecule has 0 aliphatic carbocycles. The van der Waals surface area contributed by atoms with E-state index in [9.17, 15) is 18.0 Å². The second-order valence-corrected chi connectivity index (χ2v) is 10.6. The van der Waals surface area contributed by atoms with Gasteiger partial charge in [0.25, 0.3) is 0 Å². The highest BCUT2D eigenvalue weighted by Crippen LogP contribution is 2.23. The van der Waals surface area contributed by atoms with E-state index >= 15 is 0 Å². The number of rotatable bonds is 5. The number of urea groups is 1. The van der Waals surface area contributed by atoms with Crippen molar-refractivity contribution in [3.05, 3.63) is 24.3 Å². The third-order valence-corrected chi connectivity index (χ3v) is 7.83. The molecule has 1 aromatic rings. The quantitative estimate of drug-likeness (QED) is 0.720. The molecule has 31 heavy (non-hydrogen) atoms. The molecule has 8 nitrogen and oxygen atoms in total. The zero-order valence-corrected chi connectivity index (χ0v) is 19.3. The first-order chi connectivity index (χ1) is 14.8. The minimum atomic E-state index is -3.57. The summed E-state index contributed by atoms with van der Waals surface area (Å²) in [6, 6.07) is 6.05. The van der Waals surface area contributed by atoms with E-state index in [1.165, 1.54) is 6.07 Å². The van der Waals surface area contributed by atoms with Crippen molar-refractivity contribution in [3.63, 3.8) is 0 Å². The van der Waals surface area contributed by atoms with Crippen molar-refractivity contribution in [2.24, 2.45) is 5.92 Å². The molecule has 2 N–H and O–H groups in total. The number of likely N-dealkylation sites (tertiary alicyclic amines) is 1. The van der Waals surface area contributed by atoms with E-state index in [0.717, 1.165) is 25.7 Å². The molecule has 2 saturated heterocycles. The fraction of sp³-hybridized carbons (Fsp3) is 0.636. The van der Waals surface area contributed by atoms with E-state index in [0.29, 0.717) is 44.7 Å². The van der Waals surface area contributed by atoms with Crippen LogP contribution in [0, 0.1) is 5.92 Å². The van der Waals surface area contributed by atoms with Crippen LogP contribution in [0.4, 0.5) is 10.5 Å². The summed E-state index contributed by atoms with van der Waals surface area (Å²) in [5.41, 5.74) is 0.445. The van der Waals surface area contributed by atoms with Crippen LogP contribution in [0.25, 0.3) is 0 Å². The number of piperidine rings is 1. The summed E-state index contributed by atoms with van der Waals surface area (Å²) >= 11 is 0. The Kier molecular flexibility index (Phi) is 7.94. The second-order valence-electron chi connectivity index (χ2n) is 8.70. The standard InChI is InChI=1S/C22H34N4O4S/c1-17(2)21(27)25-14-10-18(11-15-25)23-22(28)24-19-8-7-9-20(16-19)31(29,30)26-12-5-3-4-6-13-26/h7-9,16-18H,3-6,10-15H2,1-2H3,(H2,23,24,28). The second kappa shape index (κ2) is 10.5. The third kappa shape index (κ3) is 6.20. The van der Waals surface area contributed by atoms with Crippen molar-refractivity contribution in [1.82, 2.24) is 14.5 Å². The summed E-state index contributed by atoms with van der Waals surface area (Å²) in [4.78, 5) is 26.6. The van der Waals surface area contributed by atoms with E-state index in [4.69, 9.17) is 0 Å². The van der Waals surface area contributed by atoms with E-state index < -0.39 is 10.0 Å². The van der Waals surface area contributed by atoms with Crippen LogP contribution in [-0.4, -0.2) is 61.8 Å². The lowest BCUT2D eigenvalue weighted by Crippen LogP contribution is -2.48. The first-order valence-corrected chi connectivity index (χ1v) is 12.7. The highest BCUT2D eigenvalue weighted by atomic mass is 32.2. The molecule has 3 amide bonds. The highest BCUT2D eigenvalue weighted by Gasteiger charge is 2.27. The van der Waals surface area contributed by atoms with Gasteiger partial charge < -0.3 is 15.5 Å². The average Bonchev–Trinajstić information content (AvgIpc) is 3.04. The van der Waals surface area contributed by atoms with Gasteiger partial charge in [0, 0.05) is 43.8 Å². The van der Waals surface area contributed by atoms with Crippen LogP contribution in [0.2, 0.25) is 0 Å². The van der Waals surface area contributed by atoms with Crippen LogP contribution in [0.5, 0.6) is 0 Å². The van der Waals surface area contributed by atoms with Crippen molar-refractivity contribution >= 4 is 27.6 Å². The summed E-state index contributed by atoms with van der Waals surface area (Å²) < 4.78 is 27.5. The van der Waals surface area contributed by atoms with Crippen LogP contribution in [0.15, 0.2) is 29.2 Å². The third-order valence-electron chi connectivity index (χ3n) is 5.93. The minimum absolute atomic E-state index is 0.0137. The molecule has 9 heteroatoms. The number of nitrogens with zero attached hydrogens (tertiary/aromatic N) is 2. The van der Waals surface area contributed by atoms with Gasteiger partial charge in [0.1, 0.15) is 0 Å². The Hall–Kier alpha value is -2.13. The molecule has 2 fully saturated rings. The lowest BCUT2D eigenvalue weighted by atomic mass is 10.0. The predicted molar refractivity (Wildman–Crippen MR) is 120 cm³/mol. The first-order valence-electron chi connectivity index (χ1n) is 11.2. The first kappa shape index (κ1) is 23.5. The van der Waals surface area contributed by atoms with Crippen molar-refractivity contribution in [3.8, 4) is 0 Å². The summed E-state index contributed by atoms with van der Waals surface area (Å²) in [6.07, 6.45) is 5.27. The van der Waals surface area contributed by atoms with Gasteiger partial charge in [0.05, 0.1) is 4.90 Å². The van der Waals surface area contributed by atoms with E-state index in [1.807, 2.05) is 18.7 Å². The summed E-state index contributed by atoms with van der Waals surface area (Å²) in [7, 11) is -3.57. The molecule has 0 unspecified atom stereocenters. The summed E-state index contributed by atoms with van der Waals surface area (Å²) in [6.45, 7) is 6.12. The SMILES string of the molecule is CC(C)C(=O)N1CCC(NC(=O)Nc2cccc(S(=O)(=O)N3CCCCCC3)c2)CC1. The number of benzene rings is 1. The number of sulfonamides is 1. The van der Waals surface area contributed by atoms with Crippen LogP contribution in [-0.2, 0) is 14.8 Å². The Morgan fingerprint density at radius 2 is 1.65 bits per heavy atom. The molecule has 0 bridgehead atoms. The van der Waals surface area contributed by atoms with Crippen LogP contribution >= 0.6 is 0 Å². The van der Waals surface area contributed by atoms with Crippen molar-refractivity contribution < 1.29 is 18.0 Å². The van der Waals surface area contributed by atoms with Crippen LogP contribution in [0.3, 0.4) is 0 Å². The molecular formula is C22H34N4O4S. The van der Waals surface area contributed by atoms with Crippen molar-refractivity contribution in [2.45, 2.75) is 63.3 Å². The number of hydrogen-bond acceptors (Lipinski definition) is 4. The zero-order chi connectivity index (χ0) is 22.4. The van der Waals surface area contributed by atoms with Crippen molar-refractivity contribution in [1.29, 1.82) is 0 Å². The zero-order valence-electron chi connectivity index (χ0n) is 18.5. The molecule has 0 atom stereocenters. The Morgan fingerprint density at radius 1 is 1.00 bits per heavy atom. The lowest BCUT2D eigenvalue weighted by Gasteiger charge is -2.33. The highest BCUT2D eigenvalue weighted by molar-refractivity contribution is 7.89. The van der Waals surface area contributed by atoms with Crippen LogP contribution in [0.1, 0.15) is 52.4 Å². The molecule has 2 aliphatic heterocycles. The molecule has 2 heterocycles. The number of anilines is 1. The Balaban J connectivity index is 1.56. The van der Waals surface area contributed by atoms with E-state index in [2.05, 4.69) is 10.6 Å². The Bertz CT molecular complexity index is 871. The summed E-state index contributed by atoms with van der Waals surface area (Å²) in [5.74, 6) is 0.121. The van der Waals surface area contributed by atoms with Gasteiger partial charge in [0.15, 0.2) is 0 Å². The monoisotopic (exact) mass is 450 g/mol. The molecule has 2 aliphatic rings. The maximum atomic E-state index is 13.0. The number of hydrogen-bond donors (Lipinski definition) is 2. The average molecular weight is 451 g/mol. The van der Waals surface area contributed by atoms with E-state index in [-0.39, 0.29) is 28.8 Å². The topological polar surface area (TPSA) is 98.8 Å².